The molecule has 17 heteroatoms. The van der Waals surface area contributed by atoms with Gasteiger partial charge < -0.3 is 24.4 Å². The number of anilines is 3. The maximum atomic E-state index is 16.5. The number of hydrogen-bond donors (Lipinski definition) is 2. The summed E-state index contributed by atoms with van der Waals surface area (Å²) in [6, 6.07) is 10.3. The first-order chi connectivity index (χ1) is 27.9. The van der Waals surface area contributed by atoms with E-state index in [4.69, 9.17) is 14.2 Å². The van der Waals surface area contributed by atoms with E-state index in [1.165, 1.54) is 36.3 Å². The molecular formula is C43H49F2N5O9S. The number of amides is 4. The third-order valence-electron chi connectivity index (χ3n) is 9.74. The number of imide groups is 1. The van der Waals surface area contributed by atoms with Gasteiger partial charge in [0.25, 0.3) is 0 Å². The Morgan fingerprint density at radius 3 is 2.20 bits per heavy atom. The molecule has 4 aromatic rings. The fourth-order valence-electron chi connectivity index (χ4n) is 6.95. The molecule has 2 unspecified atom stereocenters. The summed E-state index contributed by atoms with van der Waals surface area (Å²) in [6.07, 6.45) is -1.14. The largest absolute Gasteiger partial charge is 0.449 e. The smallest absolute Gasteiger partial charge is 0.425 e. The number of pyridine rings is 1. The van der Waals surface area contributed by atoms with Crippen LogP contribution in [-0.2, 0) is 35.4 Å². The van der Waals surface area contributed by atoms with E-state index in [0.717, 1.165) is 23.3 Å². The number of halogens is 2. The van der Waals surface area contributed by atoms with Gasteiger partial charge in [0.1, 0.15) is 33.8 Å². The minimum atomic E-state index is -4.13. The Balaban J connectivity index is 1.45. The Kier molecular flexibility index (Phi) is 11.9. The van der Waals surface area contributed by atoms with Gasteiger partial charge in [-0.05, 0) is 119 Å². The lowest BCUT2D eigenvalue weighted by Gasteiger charge is -2.29. The summed E-state index contributed by atoms with van der Waals surface area (Å²) in [7, 11) is -2.70. The summed E-state index contributed by atoms with van der Waals surface area (Å²) >= 11 is 0. The highest BCUT2D eigenvalue weighted by Gasteiger charge is 2.41. The molecule has 0 radical (unpaired) electrons. The van der Waals surface area contributed by atoms with Crippen LogP contribution < -0.4 is 15.5 Å². The molecule has 60 heavy (non-hydrogen) atoms. The standard InChI is InChI=1S/C43H49F2N5O9S/c1-23-16-26-10-13-31(23)24(2)22-57-39(52)48-29-18-27(36(33(45)20-29)60(55,56)30-11-12-30)21-49(9)38(51)35(26)47-28-17-25-14-15-46-37(34(25)32(44)19-28)50(40(53)58-42(3,4)5)41(54)59-43(6,7)8/h10,13-20,24,30,35,47H,11-12,21-22H2,1-9H3,(H,48,52). The average Bonchev–Trinajstić information content (AvgIpc) is 3.97. The highest BCUT2D eigenvalue weighted by Crippen LogP contribution is 2.39. The van der Waals surface area contributed by atoms with Gasteiger partial charge in [0, 0.05) is 37.1 Å². The van der Waals surface area contributed by atoms with E-state index < -0.39 is 73.0 Å². The van der Waals surface area contributed by atoms with Crippen molar-refractivity contribution >= 4 is 62.0 Å². The maximum Gasteiger partial charge on any atom is 0.425 e. The van der Waals surface area contributed by atoms with E-state index in [0.29, 0.717) is 23.3 Å². The lowest BCUT2D eigenvalue weighted by atomic mass is 9.93. The number of sulfone groups is 1. The van der Waals surface area contributed by atoms with Crippen molar-refractivity contribution in [3.8, 4) is 0 Å². The van der Waals surface area contributed by atoms with Crippen molar-refractivity contribution in [2.45, 2.75) is 108 Å². The molecule has 0 spiro atoms. The molecule has 2 aliphatic heterocycles. The highest BCUT2D eigenvalue weighted by atomic mass is 32.2. The third kappa shape index (κ3) is 9.61. The molecular weight excluding hydrogens is 801 g/mol. The molecule has 3 aliphatic rings. The molecule has 7 rings (SSSR count). The zero-order valence-electron chi connectivity index (χ0n) is 34.9. The van der Waals surface area contributed by atoms with Crippen LogP contribution in [0.3, 0.4) is 0 Å². The second kappa shape index (κ2) is 16.3. The molecule has 2 atom stereocenters. The first-order valence-corrected chi connectivity index (χ1v) is 20.9. The minimum absolute atomic E-state index is 0.0503. The molecule has 1 aliphatic carbocycles. The van der Waals surface area contributed by atoms with Crippen molar-refractivity contribution in [1.82, 2.24) is 9.88 Å². The molecule has 4 amide bonds. The summed E-state index contributed by atoms with van der Waals surface area (Å²) in [6.45, 7) is 12.9. The van der Waals surface area contributed by atoms with Gasteiger partial charge in [-0.25, -0.2) is 36.6 Å². The van der Waals surface area contributed by atoms with E-state index in [-0.39, 0.29) is 52.6 Å². The number of carbonyl (C=O) groups is 4. The van der Waals surface area contributed by atoms with Crippen LogP contribution in [0.4, 0.5) is 40.4 Å². The number of aryl methyl sites for hydroxylation is 1. The molecule has 14 nitrogen and oxygen atoms in total. The Labute approximate surface area is 347 Å². The number of rotatable bonds is 5. The first-order valence-electron chi connectivity index (χ1n) is 19.4. The number of hydrogen-bond acceptors (Lipinski definition) is 11. The summed E-state index contributed by atoms with van der Waals surface area (Å²) in [4.78, 5) is 59.8. The number of likely N-dealkylation sites (N-methyl/N-ethyl adjacent to an activating group) is 1. The van der Waals surface area contributed by atoms with Gasteiger partial charge in [0.2, 0.25) is 5.91 Å². The van der Waals surface area contributed by atoms with Gasteiger partial charge in [-0.2, -0.15) is 4.90 Å². The van der Waals surface area contributed by atoms with Crippen molar-refractivity contribution in [2.24, 2.45) is 0 Å². The number of benzene rings is 3. The number of carbonyl (C=O) groups excluding carboxylic acids is 4. The molecule has 1 saturated carbocycles. The number of fused-ring (bicyclic) bond motifs is 10. The summed E-state index contributed by atoms with van der Waals surface area (Å²) in [5.74, 6) is -3.27. The van der Waals surface area contributed by atoms with Crippen LogP contribution in [0.25, 0.3) is 10.8 Å². The molecule has 2 N–H and O–H groups in total. The summed E-state index contributed by atoms with van der Waals surface area (Å²) in [5.41, 5.74) is -0.0478. The lowest BCUT2D eigenvalue weighted by Crippen LogP contribution is -2.44. The topological polar surface area (TPSA) is 174 Å². The molecule has 1 aromatic heterocycles. The van der Waals surface area contributed by atoms with Crippen molar-refractivity contribution in [3.05, 3.63) is 88.6 Å². The summed E-state index contributed by atoms with van der Waals surface area (Å²) < 4.78 is 75.9. The monoisotopic (exact) mass is 849 g/mol. The molecule has 320 valence electrons. The van der Waals surface area contributed by atoms with Crippen molar-refractivity contribution < 1.29 is 50.6 Å². The van der Waals surface area contributed by atoms with Gasteiger partial charge in [-0.1, -0.05) is 25.1 Å². The number of nitrogens with one attached hydrogen (secondary N) is 2. The van der Waals surface area contributed by atoms with Crippen LogP contribution in [0.1, 0.15) is 95.5 Å². The summed E-state index contributed by atoms with van der Waals surface area (Å²) in [5, 5.41) is 4.83. The fourth-order valence-corrected chi connectivity index (χ4v) is 8.86. The molecule has 0 saturated heterocycles. The molecule has 4 bridgehead atoms. The number of nitrogens with zero attached hydrogens (tertiary/aromatic N) is 3. The van der Waals surface area contributed by atoms with Crippen LogP contribution in [0.2, 0.25) is 0 Å². The Morgan fingerprint density at radius 1 is 0.950 bits per heavy atom. The fraction of sp³-hybridized carbons (Fsp3) is 0.419. The predicted molar refractivity (Wildman–Crippen MR) is 221 cm³/mol. The minimum Gasteiger partial charge on any atom is -0.449 e. The second-order valence-corrected chi connectivity index (χ2v) is 19.4. The number of ether oxygens (including phenoxy) is 3. The normalized spacial score (nSPS) is 17.8. The van der Waals surface area contributed by atoms with Gasteiger partial charge in [-0.3, -0.25) is 10.1 Å². The van der Waals surface area contributed by atoms with E-state index in [9.17, 15) is 27.6 Å². The van der Waals surface area contributed by atoms with E-state index >= 15 is 8.78 Å². The Morgan fingerprint density at radius 2 is 1.60 bits per heavy atom. The second-order valence-electron chi connectivity index (χ2n) is 17.2. The highest BCUT2D eigenvalue weighted by molar-refractivity contribution is 7.92. The van der Waals surface area contributed by atoms with Gasteiger partial charge in [-0.15, -0.1) is 0 Å². The SMILES string of the molecule is Cc1cc2ccc1C(C)COC(=O)Nc1cc(F)c(S(=O)(=O)C3CC3)c(c1)CN(C)C(=O)C2Nc1cc(F)c2c(N(C(=O)OC(C)(C)C)C(=O)OC(C)(C)C)nccc2c1. The predicted octanol–water partition coefficient (Wildman–Crippen LogP) is 8.91. The Bertz CT molecular complexity index is 2470. The Hall–Kier alpha value is -5.84. The van der Waals surface area contributed by atoms with Crippen molar-refractivity contribution in [3.63, 3.8) is 0 Å². The molecule has 1 fully saturated rings. The van der Waals surface area contributed by atoms with Crippen LogP contribution in [0, 0.1) is 18.6 Å². The van der Waals surface area contributed by atoms with Crippen LogP contribution in [-0.4, -0.2) is 72.6 Å². The van der Waals surface area contributed by atoms with Gasteiger partial charge in [0.15, 0.2) is 15.7 Å². The van der Waals surface area contributed by atoms with Gasteiger partial charge >= 0.3 is 18.3 Å². The average molecular weight is 850 g/mol. The maximum absolute atomic E-state index is 16.5. The van der Waals surface area contributed by atoms with Crippen LogP contribution in [0.15, 0.2) is 59.6 Å². The van der Waals surface area contributed by atoms with E-state index in [1.54, 1.807) is 59.7 Å². The molecule has 3 aromatic carbocycles. The van der Waals surface area contributed by atoms with Crippen molar-refractivity contribution in [2.75, 3.05) is 29.2 Å². The zero-order chi connectivity index (χ0) is 44.1. The molecule has 3 heterocycles. The van der Waals surface area contributed by atoms with E-state index in [2.05, 4.69) is 15.6 Å². The van der Waals surface area contributed by atoms with Gasteiger partial charge in [0.05, 0.1) is 17.2 Å². The lowest BCUT2D eigenvalue weighted by molar-refractivity contribution is -0.131. The first kappa shape index (κ1) is 43.7. The number of aromatic nitrogens is 1. The van der Waals surface area contributed by atoms with Crippen LogP contribution >= 0.6 is 0 Å². The quantitative estimate of drug-likeness (QED) is 0.184. The van der Waals surface area contributed by atoms with E-state index in [1.807, 2.05) is 13.8 Å². The van der Waals surface area contributed by atoms with Crippen LogP contribution in [0.5, 0.6) is 0 Å². The zero-order valence-corrected chi connectivity index (χ0v) is 35.8. The van der Waals surface area contributed by atoms with Crippen molar-refractivity contribution in [1.29, 1.82) is 0 Å². The third-order valence-corrected chi connectivity index (χ3v) is 12.1.